The van der Waals surface area contributed by atoms with E-state index >= 15 is 0 Å². The van der Waals surface area contributed by atoms with Gasteiger partial charge in [-0.1, -0.05) is 24.8 Å². The molecule has 2 heterocycles. The number of pyridine rings is 2. The number of halogens is 2. The van der Waals surface area contributed by atoms with Gasteiger partial charge in [0.25, 0.3) is 0 Å². The zero-order chi connectivity index (χ0) is 11.2. The summed E-state index contributed by atoms with van der Waals surface area (Å²) >= 11 is 0.569. The van der Waals surface area contributed by atoms with Gasteiger partial charge in [-0.3, -0.25) is 0 Å². The van der Waals surface area contributed by atoms with E-state index in [9.17, 15) is 0 Å². The summed E-state index contributed by atoms with van der Waals surface area (Å²) in [4.78, 5) is 7.32. The maximum atomic E-state index is 4.70. The molecule has 0 radical (unpaired) electrons. The molecule has 0 amide bonds. The van der Waals surface area contributed by atoms with E-state index in [1.54, 1.807) is 24.5 Å². The van der Waals surface area contributed by atoms with Gasteiger partial charge >= 0.3 is 33.0 Å². The quantitative estimate of drug-likeness (QED) is 0.549. The summed E-state index contributed by atoms with van der Waals surface area (Å²) in [6.07, 6.45) is 8.67. The molecule has 0 atom stereocenters. The first-order chi connectivity index (χ1) is 7.41. The fraction of sp³-hybridized carbons (Fsp3) is 0. The zero-order valence-electron chi connectivity index (χ0n) is 7.59. The molecule has 0 spiro atoms. The van der Waals surface area contributed by atoms with Gasteiger partial charge in [0, 0.05) is 0 Å². The molecule has 0 aromatic carbocycles. The topological polar surface area (TPSA) is 25.8 Å². The van der Waals surface area contributed by atoms with Gasteiger partial charge in [-0.05, 0) is 0 Å². The first-order valence-electron chi connectivity index (χ1n) is 3.78. The van der Waals surface area contributed by atoms with Crippen LogP contribution in [-0.2, 0) is 12.7 Å². The number of nitrogens with zero attached hydrogens (tertiary/aromatic N) is 2. The van der Waals surface area contributed by atoms with Crippen LogP contribution in [0.3, 0.4) is 0 Å². The van der Waals surface area contributed by atoms with Crippen LogP contribution in [0.25, 0.3) is 0 Å². The van der Waals surface area contributed by atoms with Crippen molar-refractivity contribution in [1.82, 2.24) is 9.97 Å². The molecule has 0 saturated carbocycles. The Hall–Kier alpha value is -0.626. The van der Waals surface area contributed by atoms with Crippen LogP contribution in [0.4, 0.5) is 0 Å². The second-order valence-electron chi connectivity index (χ2n) is 1.96. The normalized spacial score (nSPS) is 7.87. The van der Waals surface area contributed by atoms with Crippen molar-refractivity contribution in [2.75, 3.05) is 0 Å². The molecule has 0 N–H and O–H groups in total. The summed E-state index contributed by atoms with van der Waals surface area (Å²) in [5, 5.41) is 0. The van der Waals surface area contributed by atoms with Crippen LogP contribution >= 0.6 is 20.4 Å². The van der Waals surface area contributed by atoms with Crippen molar-refractivity contribution in [3.8, 4) is 0 Å². The van der Waals surface area contributed by atoms with Gasteiger partial charge in [0.05, 0.1) is 0 Å². The van der Waals surface area contributed by atoms with Crippen LogP contribution in [0.2, 0.25) is 0 Å². The summed E-state index contributed by atoms with van der Waals surface area (Å²) in [6.45, 7) is 0. The third-order valence-corrected chi connectivity index (χ3v) is 1.03. The first kappa shape index (κ1) is 14.4. The van der Waals surface area contributed by atoms with E-state index < -0.39 is 0 Å². The Kier molecular flexibility index (Phi) is 12.8. The summed E-state index contributed by atoms with van der Waals surface area (Å²) in [5.41, 5.74) is 0. The molecule has 2 aromatic heterocycles. The van der Waals surface area contributed by atoms with Gasteiger partial charge in [-0.15, -0.1) is 0 Å². The Morgan fingerprint density at radius 3 is 1.27 bits per heavy atom. The molecule has 0 fully saturated rings. The minimum atomic E-state index is 0.569. The second kappa shape index (κ2) is 13.4. The molecule has 2 nitrogen and oxygen atoms in total. The zero-order valence-corrected chi connectivity index (χ0v) is 10.1. The van der Waals surface area contributed by atoms with Crippen LogP contribution in [0.5, 0.6) is 0 Å². The molecule has 0 unspecified atom stereocenters. The van der Waals surface area contributed by atoms with E-state index in [0.717, 1.165) is 0 Å². The van der Waals surface area contributed by atoms with Crippen LogP contribution in [0.15, 0.2) is 48.8 Å². The summed E-state index contributed by atoms with van der Waals surface area (Å²) in [7, 11) is 9.40. The summed E-state index contributed by atoms with van der Waals surface area (Å²) in [5.74, 6) is 0. The number of rotatable bonds is 0. The van der Waals surface area contributed by atoms with E-state index in [0.29, 0.717) is 12.7 Å². The van der Waals surface area contributed by atoms with E-state index in [1.807, 2.05) is 24.3 Å². The average molecular weight is 286 g/mol. The predicted octanol–water partition coefficient (Wildman–Crippen LogP) is 3.14. The third kappa shape index (κ3) is 13.4. The van der Waals surface area contributed by atoms with Gasteiger partial charge in [-0.25, -0.2) is 0 Å². The van der Waals surface area contributed by atoms with E-state index in [-0.39, 0.29) is 0 Å². The van der Waals surface area contributed by atoms with Crippen molar-refractivity contribution in [2.45, 2.75) is 0 Å². The molecular formula is C10H8Cl2N2Ni. The Morgan fingerprint density at radius 1 is 0.800 bits per heavy atom. The Bertz CT molecular complexity index is 210. The van der Waals surface area contributed by atoms with Crippen molar-refractivity contribution in [3.63, 3.8) is 0 Å². The van der Waals surface area contributed by atoms with E-state index in [4.69, 9.17) is 20.4 Å². The molecule has 0 aliphatic rings. The van der Waals surface area contributed by atoms with Gasteiger partial charge in [0.2, 0.25) is 0 Å². The summed E-state index contributed by atoms with van der Waals surface area (Å²) in [6, 6.07) is 11.0. The molecule has 0 aliphatic carbocycles. The van der Waals surface area contributed by atoms with Crippen molar-refractivity contribution in [1.29, 1.82) is 0 Å². The molecule has 82 valence electrons. The third-order valence-electron chi connectivity index (χ3n) is 1.03. The van der Waals surface area contributed by atoms with Crippen molar-refractivity contribution >= 4 is 20.4 Å². The fourth-order valence-corrected chi connectivity index (χ4v) is 0.555. The van der Waals surface area contributed by atoms with Gasteiger partial charge < -0.3 is 9.97 Å². The minimum Gasteiger partial charge on any atom is -0.394 e. The Labute approximate surface area is 104 Å². The average Bonchev–Trinajstić information content (AvgIpc) is 2.35. The maximum Gasteiger partial charge on any atom is -0.0813 e. The number of hydrogen-bond donors (Lipinski definition) is 0. The second-order valence-corrected chi connectivity index (χ2v) is 3.59. The Morgan fingerprint density at radius 2 is 1.20 bits per heavy atom. The van der Waals surface area contributed by atoms with Crippen LogP contribution in [0, 0.1) is 12.4 Å². The van der Waals surface area contributed by atoms with E-state index in [1.165, 1.54) is 0 Å². The fourth-order valence-electron chi connectivity index (χ4n) is 0.555. The smallest absolute Gasteiger partial charge is 0.0813 e. The van der Waals surface area contributed by atoms with Gasteiger partial charge in [0.1, 0.15) is 0 Å². The van der Waals surface area contributed by atoms with Crippen molar-refractivity contribution in [2.24, 2.45) is 0 Å². The van der Waals surface area contributed by atoms with Crippen LogP contribution in [0.1, 0.15) is 0 Å². The molecule has 0 aliphatic heterocycles. The van der Waals surface area contributed by atoms with Gasteiger partial charge in [0.15, 0.2) is 0 Å². The number of aromatic nitrogens is 2. The SMILES string of the molecule is [Cl][Ni+2][Cl].[c-]1ccccn1.[c-]1ccccn1. The first-order valence-corrected chi connectivity index (χ1v) is 6.50. The van der Waals surface area contributed by atoms with Crippen LogP contribution < -0.4 is 0 Å². The van der Waals surface area contributed by atoms with Crippen molar-refractivity contribution < 1.29 is 12.7 Å². The largest absolute Gasteiger partial charge is 0.394 e. The summed E-state index contributed by atoms with van der Waals surface area (Å²) < 4.78 is 0. The van der Waals surface area contributed by atoms with E-state index in [2.05, 4.69) is 22.4 Å². The Balaban J connectivity index is 0.000000210. The van der Waals surface area contributed by atoms with Gasteiger partial charge in [-0.2, -0.15) is 36.4 Å². The molecular weight excluding hydrogens is 278 g/mol. The van der Waals surface area contributed by atoms with Crippen LogP contribution in [-0.4, -0.2) is 9.97 Å². The molecule has 2 rings (SSSR count). The standard InChI is InChI=1S/2C5H4N.2ClH.Ni/c2*1-2-4-6-5-3-1;;;/h2*1-4H;2*1H;/q2*-1;;;+4/p-2. The molecule has 5 heteroatoms. The molecule has 0 bridgehead atoms. The molecule has 0 saturated heterocycles. The van der Waals surface area contributed by atoms with Crippen molar-refractivity contribution in [3.05, 3.63) is 61.2 Å². The molecule has 2 aromatic rings. The minimum absolute atomic E-state index is 0.569. The monoisotopic (exact) mass is 284 g/mol. The number of hydrogen-bond acceptors (Lipinski definition) is 2. The maximum absolute atomic E-state index is 4.70. The molecule has 15 heavy (non-hydrogen) atoms. The predicted molar refractivity (Wildman–Crippen MR) is 57.9 cm³/mol.